The summed E-state index contributed by atoms with van der Waals surface area (Å²) < 4.78 is 0. The molecule has 3 rings (SSSR count). The van der Waals surface area contributed by atoms with Crippen molar-refractivity contribution < 1.29 is 9.76 Å². The van der Waals surface area contributed by atoms with Crippen LogP contribution in [0.3, 0.4) is 0 Å². The summed E-state index contributed by atoms with van der Waals surface area (Å²) in [6.07, 6.45) is 1.41. The zero-order valence-corrected chi connectivity index (χ0v) is 17.7. The molecule has 0 spiro atoms. The van der Waals surface area contributed by atoms with E-state index in [1.54, 1.807) is 30.3 Å². The molecule has 3 aromatic carbocycles. The van der Waals surface area contributed by atoms with Gasteiger partial charge in [0.15, 0.2) is 0 Å². The average Bonchev–Trinajstić information content (AvgIpc) is 2.69. The van der Waals surface area contributed by atoms with Gasteiger partial charge in [0.1, 0.15) is 6.61 Å². The number of benzene rings is 3. The van der Waals surface area contributed by atoms with Crippen molar-refractivity contribution in [3.63, 3.8) is 0 Å². The zero-order valence-electron chi connectivity index (χ0n) is 15.3. The number of hydrogen-bond donors (Lipinski definition) is 0. The summed E-state index contributed by atoms with van der Waals surface area (Å²) in [5, 5.41) is 16.3. The van der Waals surface area contributed by atoms with Crippen LogP contribution in [0.4, 0.5) is 5.69 Å². The third kappa shape index (κ3) is 5.73. The Balaban J connectivity index is 1.71. The molecule has 0 bridgehead atoms. The topological polar surface area (TPSA) is 64.7 Å². The van der Waals surface area contributed by atoms with Gasteiger partial charge in [0, 0.05) is 32.1 Å². The molecule has 0 atom stereocenters. The van der Waals surface area contributed by atoms with Crippen LogP contribution in [0.15, 0.2) is 75.6 Å². The van der Waals surface area contributed by atoms with Gasteiger partial charge in [-0.15, -0.1) is 0 Å². The summed E-state index contributed by atoms with van der Waals surface area (Å²) in [7, 11) is 0. The van der Waals surface area contributed by atoms with Crippen molar-refractivity contribution in [3.05, 3.63) is 97.5 Å². The van der Waals surface area contributed by atoms with Crippen molar-refractivity contribution in [1.29, 1.82) is 0 Å². The maximum absolute atomic E-state index is 11.5. The highest BCUT2D eigenvalue weighted by Gasteiger charge is 2.15. The van der Waals surface area contributed by atoms with Gasteiger partial charge in [0.25, 0.3) is 5.69 Å². The normalized spacial score (nSPS) is 11.0. The third-order valence-electron chi connectivity index (χ3n) is 3.98. The number of rotatable bonds is 7. The first-order chi connectivity index (χ1) is 13.9. The number of nitro groups is 1. The molecule has 5 nitrogen and oxygen atoms in total. The van der Waals surface area contributed by atoms with E-state index in [-0.39, 0.29) is 12.3 Å². The predicted molar refractivity (Wildman–Crippen MR) is 117 cm³/mol. The van der Waals surface area contributed by atoms with E-state index in [2.05, 4.69) is 5.16 Å². The highest BCUT2D eigenvalue weighted by molar-refractivity contribution is 7.99. The van der Waals surface area contributed by atoms with Crippen LogP contribution in [-0.4, -0.2) is 11.1 Å². The first kappa shape index (κ1) is 21.2. The number of oxime groups is 1. The fourth-order valence-electron chi connectivity index (χ4n) is 2.45. The number of nitrogens with zero attached hydrogens (tertiary/aromatic N) is 2. The summed E-state index contributed by atoms with van der Waals surface area (Å²) in [5.74, 6) is 0. The predicted octanol–water partition coefficient (Wildman–Crippen LogP) is 6.91. The Labute approximate surface area is 182 Å². The minimum atomic E-state index is -0.405. The molecule has 0 amide bonds. The molecule has 29 heavy (non-hydrogen) atoms. The number of hydrogen-bond acceptors (Lipinski definition) is 5. The lowest BCUT2D eigenvalue weighted by atomic mass is 10.2. The summed E-state index contributed by atoms with van der Waals surface area (Å²) in [6.45, 7) is 2.09. The molecular weight excluding hydrogens is 431 g/mol. The van der Waals surface area contributed by atoms with Gasteiger partial charge in [-0.1, -0.05) is 69.9 Å². The van der Waals surface area contributed by atoms with Crippen LogP contribution in [-0.2, 0) is 11.4 Å². The number of aryl methyl sites for hydroxylation is 1. The quantitative estimate of drug-likeness (QED) is 0.224. The lowest BCUT2D eigenvalue weighted by Gasteiger charge is -2.06. The molecular formula is C21H16Cl2N2O3S. The molecule has 148 valence electrons. The summed E-state index contributed by atoms with van der Waals surface area (Å²) >= 11 is 13.5. The molecule has 0 N–H and O–H groups in total. The van der Waals surface area contributed by atoms with Gasteiger partial charge in [0.05, 0.1) is 16.0 Å². The Bertz CT molecular complexity index is 1040. The molecule has 0 aliphatic heterocycles. The van der Waals surface area contributed by atoms with Gasteiger partial charge < -0.3 is 4.84 Å². The van der Waals surface area contributed by atoms with Crippen LogP contribution >= 0.6 is 35.0 Å². The molecule has 0 aliphatic rings. The van der Waals surface area contributed by atoms with Crippen LogP contribution in [0.5, 0.6) is 0 Å². The van der Waals surface area contributed by atoms with Crippen LogP contribution in [0.2, 0.25) is 10.0 Å². The molecule has 0 unspecified atom stereocenters. The fraction of sp³-hybridized carbons (Fsp3) is 0.0952. The number of halogens is 2. The zero-order chi connectivity index (χ0) is 20.8. The molecule has 0 aliphatic carbocycles. The molecule has 0 aromatic heterocycles. The summed E-state index contributed by atoms with van der Waals surface area (Å²) in [6, 6.07) is 17.9. The molecule has 0 fully saturated rings. The van der Waals surface area contributed by atoms with Gasteiger partial charge >= 0.3 is 0 Å². The van der Waals surface area contributed by atoms with Crippen LogP contribution < -0.4 is 0 Å². The summed E-state index contributed by atoms with van der Waals surface area (Å²) in [4.78, 5) is 17.8. The van der Waals surface area contributed by atoms with Crippen LogP contribution in [0.1, 0.15) is 16.7 Å². The lowest BCUT2D eigenvalue weighted by Crippen LogP contribution is -1.94. The van der Waals surface area contributed by atoms with E-state index in [0.29, 0.717) is 26.1 Å². The molecule has 8 heteroatoms. The minimum Gasteiger partial charge on any atom is -0.391 e. The van der Waals surface area contributed by atoms with Crippen molar-refractivity contribution >= 4 is 46.9 Å². The Morgan fingerprint density at radius 1 is 1.10 bits per heavy atom. The van der Waals surface area contributed by atoms with Gasteiger partial charge in [-0.25, -0.2) is 0 Å². The number of nitro benzene ring substituents is 1. The fourth-order valence-corrected chi connectivity index (χ4v) is 3.85. The Morgan fingerprint density at radius 3 is 2.45 bits per heavy atom. The van der Waals surface area contributed by atoms with Crippen LogP contribution in [0, 0.1) is 17.0 Å². The SMILES string of the molecule is Cc1ccc(Sc2ccc(/C=N\OCc3c(Cl)cccc3Cl)cc2[N+](=O)[O-])cc1. The van der Waals surface area contributed by atoms with Crippen molar-refractivity contribution in [2.24, 2.45) is 5.16 Å². The largest absolute Gasteiger partial charge is 0.391 e. The van der Waals surface area contributed by atoms with Crippen molar-refractivity contribution in [1.82, 2.24) is 0 Å². The van der Waals surface area contributed by atoms with E-state index in [9.17, 15) is 10.1 Å². The van der Waals surface area contributed by atoms with E-state index >= 15 is 0 Å². The molecule has 0 heterocycles. The monoisotopic (exact) mass is 446 g/mol. The Hall–Kier alpha value is -2.54. The lowest BCUT2D eigenvalue weighted by molar-refractivity contribution is -0.387. The second-order valence-electron chi connectivity index (χ2n) is 6.11. The van der Waals surface area contributed by atoms with Crippen molar-refractivity contribution in [3.8, 4) is 0 Å². The molecule has 0 radical (unpaired) electrons. The highest BCUT2D eigenvalue weighted by Crippen LogP contribution is 2.35. The van der Waals surface area contributed by atoms with Crippen molar-refractivity contribution in [2.45, 2.75) is 23.3 Å². The van der Waals surface area contributed by atoms with Gasteiger partial charge in [-0.05, 0) is 37.3 Å². The third-order valence-corrected chi connectivity index (χ3v) is 5.76. The second-order valence-corrected chi connectivity index (χ2v) is 8.04. The van der Waals surface area contributed by atoms with E-state index in [1.165, 1.54) is 24.0 Å². The molecule has 3 aromatic rings. The smallest absolute Gasteiger partial charge is 0.283 e. The summed E-state index contributed by atoms with van der Waals surface area (Å²) in [5.41, 5.74) is 2.32. The van der Waals surface area contributed by atoms with Gasteiger partial charge in [-0.3, -0.25) is 10.1 Å². The maximum atomic E-state index is 11.5. The Morgan fingerprint density at radius 2 is 1.79 bits per heavy atom. The highest BCUT2D eigenvalue weighted by atomic mass is 35.5. The van der Waals surface area contributed by atoms with Gasteiger partial charge in [0.2, 0.25) is 0 Å². The molecule has 0 saturated carbocycles. The van der Waals surface area contributed by atoms with E-state index in [4.69, 9.17) is 28.0 Å². The minimum absolute atomic E-state index is 0.00803. The van der Waals surface area contributed by atoms with E-state index in [1.807, 2.05) is 31.2 Å². The van der Waals surface area contributed by atoms with E-state index in [0.717, 1.165) is 10.5 Å². The van der Waals surface area contributed by atoms with Gasteiger partial charge in [-0.2, -0.15) is 0 Å². The van der Waals surface area contributed by atoms with Crippen LogP contribution in [0.25, 0.3) is 0 Å². The first-order valence-electron chi connectivity index (χ1n) is 8.55. The Kier molecular flexibility index (Phi) is 7.14. The van der Waals surface area contributed by atoms with Crippen molar-refractivity contribution in [2.75, 3.05) is 0 Å². The maximum Gasteiger partial charge on any atom is 0.283 e. The molecule has 0 saturated heterocycles. The first-order valence-corrected chi connectivity index (χ1v) is 10.1. The second kappa shape index (κ2) is 9.78. The van der Waals surface area contributed by atoms with E-state index < -0.39 is 4.92 Å². The average molecular weight is 447 g/mol. The standard InChI is InChI=1S/C21H16Cl2N2O3S/c1-14-5-8-16(9-6-14)29-21-10-7-15(11-20(21)25(26)27)12-24-28-13-17-18(22)3-2-4-19(17)23/h2-12H,13H2,1H3/b24-12-.